The quantitative estimate of drug-likeness (QED) is 0.290. The molecule has 166 valence electrons. The van der Waals surface area contributed by atoms with Crippen LogP contribution in [0.2, 0.25) is 0 Å². The highest BCUT2D eigenvalue weighted by molar-refractivity contribution is 14.0. The van der Waals surface area contributed by atoms with Crippen molar-refractivity contribution in [3.05, 3.63) is 52.0 Å². The minimum absolute atomic E-state index is 0. The minimum Gasteiger partial charge on any atom is -0.357 e. The third-order valence-electron chi connectivity index (χ3n) is 5.08. The molecule has 3 rings (SSSR count). The average molecular weight is 543 g/mol. The normalized spacial score (nSPS) is 15.6. The van der Waals surface area contributed by atoms with Crippen molar-refractivity contribution in [2.24, 2.45) is 4.99 Å². The van der Waals surface area contributed by atoms with E-state index in [0.29, 0.717) is 0 Å². The molecule has 30 heavy (non-hydrogen) atoms. The standard InChI is InChI=1S/C22H34N6S.HI/c1-3-23-22(24-10-9-21-18-29-19(2)26-21)25-11-12-27-13-15-28(16-14-27)17-20-7-5-4-6-8-20;/h4-8,18H,3,9-17H2,1-2H3,(H2,23,24,25);1H. The number of aryl methyl sites for hydroxylation is 1. The van der Waals surface area contributed by atoms with Gasteiger partial charge in [0.15, 0.2) is 5.96 Å². The second kappa shape index (κ2) is 14.0. The van der Waals surface area contributed by atoms with Gasteiger partial charge in [-0.05, 0) is 19.4 Å². The summed E-state index contributed by atoms with van der Waals surface area (Å²) >= 11 is 1.71. The van der Waals surface area contributed by atoms with Crippen LogP contribution in [-0.4, -0.2) is 73.1 Å². The van der Waals surface area contributed by atoms with Crippen LogP contribution in [0.3, 0.4) is 0 Å². The van der Waals surface area contributed by atoms with Crippen LogP contribution in [-0.2, 0) is 13.0 Å². The Morgan fingerprint density at radius 3 is 2.50 bits per heavy atom. The molecule has 0 radical (unpaired) electrons. The molecule has 1 fully saturated rings. The van der Waals surface area contributed by atoms with Crippen LogP contribution in [0.5, 0.6) is 0 Å². The second-order valence-electron chi connectivity index (χ2n) is 7.40. The summed E-state index contributed by atoms with van der Waals surface area (Å²) < 4.78 is 0. The molecule has 0 aliphatic carbocycles. The molecular formula is C22H35IN6S. The maximum Gasteiger partial charge on any atom is 0.191 e. The summed E-state index contributed by atoms with van der Waals surface area (Å²) in [5.41, 5.74) is 2.56. The summed E-state index contributed by atoms with van der Waals surface area (Å²) in [5, 5.41) is 10.0. The maximum absolute atomic E-state index is 4.75. The predicted octanol–water partition coefficient (Wildman–Crippen LogP) is 2.98. The van der Waals surface area contributed by atoms with Gasteiger partial charge in [0.2, 0.25) is 0 Å². The molecule has 2 aromatic rings. The smallest absolute Gasteiger partial charge is 0.191 e. The molecule has 0 unspecified atom stereocenters. The summed E-state index contributed by atoms with van der Waals surface area (Å²) in [6, 6.07) is 10.8. The van der Waals surface area contributed by atoms with Crippen LogP contribution in [0.4, 0.5) is 0 Å². The largest absolute Gasteiger partial charge is 0.357 e. The van der Waals surface area contributed by atoms with E-state index < -0.39 is 0 Å². The zero-order chi connectivity index (χ0) is 20.3. The molecule has 2 heterocycles. The molecule has 0 amide bonds. The van der Waals surface area contributed by atoms with Gasteiger partial charge in [-0.1, -0.05) is 30.3 Å². The molecule has 8 heteroatoms. The Morgan fingerprint density at radius 1 is 1.10 bits per heavy atom. The summed E-state index contributed by atoms with van der Waals surface area (Å²) in [6.07, 6.45) is 0.929. The third kappa shape index (κ3) is 8.87. The number of hydrogen-bond acceptors (Lipinski definition) is 5. The van der Waals surface area contributed by atoms with E-state index in [-0.39, 0.29) is 24.0 Å². The Hall–Kier alpha value is -1.23. The molecule has 0 bridgehead atoms. The second-order valence-corrected chi connectivity index (χ2v) is 8.46. The Bertz CT molecular complexity index is 743. The van der Waals surface area contributed by atoms with Crippen LogP contribution in [0.15, 0.2) is 40.7 Å². The Morgan fingerprint density at radius 2 is 1.83 bits per heavy atom. The predicted molar refractivity (Wildman–Crippen MR) is 138 cm³/mol. The highest BCUT2D eigenvalue weighted by Crippen LogP contribution is 2.09. The first-order valence-electron chi connectivity index (χ1n) is 10.6. The van der Waals surface area contributed by atoms with Gasteiger partial charge in [0.05, 0.1) is 17.2 Å². The molecular weight excluding hydrogens is 507 g/mol. The number of thiazole rings is 1. The summed E-state index contributed by atoms with van der Waals surface area (Å²) in [4.78, 5) is 14.3. The fourth-order valence-electron chi connectivity index (χ4n) is 3.49. The number of piperazine rings is 1. The first-order valence-corrected chi connectivity index (χ1v) is 11.5. The van der Waals surface area contributed by atoms with E-state index in [0.717, 1.165) is 82.0 Å². The van der Waals surface area contributed by atoms with Crippen LogP contribution < -0.4 is 10.6 Å². The van der Waals surface area contributed by atoms with Crippen LogP contribution >= 0.6 is 35.3 Å². The summed E-state index contributed by atoms with van der Waals surface area (Å²) in [7, 11) is 0. The Kier molecular flexibility index (Phi) is 11.6. The van der Waals surface area contributed by atoms with Gasteiger partial charge in [0.25, 0.3) is 0 Å². The molecule has 0 saturated carbocycles. The molecule has 1 saturated heterocycles. The molecule has 1 aromatic carbocycles. The lowest BCUT2D eigenvalue weighted by Gasteiger charge is -2.34. The van der Waals surface area contributed by atoms with E-state index in [1.807, 2.05) is 0 Å². The number of aromatic nitrogens is 1. The zero-order valence-electron chi connectivity index (χ0n) is 18.1. The van der Waals surface area contributed by atoms with Crippen LogP contribution in [0.25, 0.3) is 0 Å². The molecule has 2 N–H and O–H groups in total. The Labute approximate surface area is 202 Å². The van der Waals surface area contributed by atoms with Crippen molar-refractivity contribution in [1.29, 1.82) is 0 Å². The molecule has 1 aliphatic rings. The molecule has 1 aliphatic heterocycles. The van der Waals surface area contributed by atoms with E-state index in [4.69, 9.17) is 4.99 Å². The average Bonchev–Trinajstić information content (AvgIpc) is 3.15. The lowest BCUT2D eigenvalue weighted by Crippen LogP contribution is -2.46. The third-order valence-corrected chi connectivity index (χ3v) is 5.91. The molecule has 0 spiro atoms. The van der Waals surface area contributed by atoms with Crippen molar-refractivity contribution < 1.29 is 0 Å². The first kappa shape index (κ1) is 25.0. The van der Waals surface area contributed by atoms with Crippen molar-refractivity contribution in [3.8, 4) is 0 Å². The minimum atomic E-state index is 0. The van der Waals surface area contributed by atoms with E-state index in [1.165, 1.54) is 5.56 Å². The van der Waals surface area contributed by atoms with E-state index in [9.17, 15) is 0 Å². The van der Waals surface area contributed by atoms with Gasteiger partial charge in [-0.15, -0.1) is 35.3 Å². The number of benzene rings is 1. The first-order chi connectivity index (χ1) is 14.2. The van der Waals surface area contributed by atoms with Crippen LogP contribution in [0, 0.1) is 6.92 Å². The number of nitrogens with one attached hydrogen (secondary N) is 2. The van der Waals surface area contributed by atoms with Crippen molar-refractivity contribution in [1.82, 2.24) is 25.4 Å². The van der Waals surface area contributed by atoms with E-state index in [2.05, 4.69) is 75.0 Å². The number of nitrogens with zero attached hydrogens (tertiary/aromatic N) is 4. The van der Waals surface area contributed by atoms with Crippen LogP contribution in [0.1, 0.15) is 23.2 Å². The lowest BCUT2D eigenvalue weighted by molar-refractivity contribution is 0.130. The highest BCUT2D eigenvalue weighted by atomic mass is 127. The molecule has 6 nitrogen and oxygen atoms in total. The van der Waals surface area contributed by atoms with Crippen molar-refractivity contribution in [3.63, 3.8) is 0 Å². The maximum atomic E-state index is 4.75. The van der Waals surface area contributed by atoms with Gasteiger partial charge in [0, 0.05) is 64.2 Å². The zero-order valence-corrected chi connectivity index (χ0v) is 21.3. The number of guanidine groups is 1. The topological polar surface area (TPSA) is 55.8 Å². The van der Waals surface area contributed by atoms with Gasteiger partial charge in [-0.25, -0.2) is 4.98 Å². The van der Waals surface area contributed by atoms with Crippen molar-refractivity contribution in [2.45, 2.75) is 26.8 Å². The van der Waals surface area contributed by atoms with Gasteiger partial charge < -0.3 is 10.6 Å². The molecule has 0 atom stereocenters. The van der Waals surface area contributed by atoms with Gasteiger partial charge in [-0.2, -0.15) is 0 Å². The number of aliphatic imine (C=N–C) groups is 1. The van der Waals surface area contributed by atoms with Crippen molar-refractivity contribution in [2.75, 3.05) is 52.4 Å². The number of halogens is 1. The van der Waals surface area contributed by atoms with Gasteiger partial charge in [-0.3, -0.25) is 14.8 Å². The van der Waals surface area contributed by atoms with Gasteiger partial charge in [0.1, 0.15) is 0 Å². The fraction of sp³-hybridized carbons (Fsp3) is 0.545. The SMILES string of the molecule is CCNC(=NCCN1CCN(Cc2ccccc2)CC1)NCCc1csc(C)n1.I. The number of rotatable bonds is 9. The van der Waals surface area contributed by atoms with E-state index >= 15 is 0 Å². The lowest BCUT2D eigenvalue weighted by atomic mass is 10.2. The van der Waals surface area contributed by atoms with Crippen molar-refractivity contribution >= 4 is 41.3 Å². The highest BCUT2D eigenvalue weighted by Gasteiger charge is 2.16. The Balaban J connectivity index is 0.00000320. The fourth-order valence-corrected chi connectivity index (χ4v) is 4.14. The molecule has 1 aromatic heterocycles. The summed E-state index contributed by atoms with van der Waals surface area (Å²) in [6.45, 7) is 13.3. The number of hydrogen-bond donors (Lipinski definition) is 2. The van der Waals surface area contributed by atoms with Gasteiger partial charge >= 0.3 is 0 Å². The summed E-state index contributed by atoms with van der Waals surface area (Å²) in [5.74, 6) is 0.905. The van der Waals surface area contributed by atoms with E-state index in [1.54, 1.807) is 11.3 Å². The monoisotopic (exact) mass is 542 g/mol.